The number of rotatable bonds is 8. The summed E-state index contributed by atoms with van der Waals surface area (Å²) >= 11 is 0. The van der Waals surface area contributed by atoms with Crippen LogP contribution in [0.25, 0.3) is 0 Å². The lowest BCUT2D eigenvalue weighted by Gasteiger charge is -2.14. The van der Waals surface area contributed by atoms with Crippen LogP contribution in [0.15, 0.2) is 24.3 Å². The summed E-state index contributed by atoms with van der Waals surface area (Å²) in [5, 5.41) is 9.65. The van der Waals surface area contributed by atoms with E-state index in [0.29, 0.717) is 17.9 Å². The molecule has 0 bridgehead atoms. The minimum absolute atomic E-state index is 0.0414. The van der Waals surface area contributed by atoms with Crippen LogP contribution in [0.4, 0.5) is 0 Å². The first-order valence-corrected chi connectivity index (χ1v) is 6.26. The lowest BCUT2D eigenvalue weighted by molar-refractivity contribution is -0.147. The van der Waals surface area contributed by atoms with Gasteiger partial charge in [-0.3, -0.25) is 4.79 Å². The maximum Gasteiger partial charge on any atom is 0.305 e. The second-order valence-electron chi connectivity index (χ2n) is 4.05. The van der Waals surface area contributed by atoms with Gasteiger partial charge in [0.25, 0.3) is 0 Å². The molecule has 1 N–H and O–H groups in total. The Morgan fingerprint density at radius 2 is 1.95 bits per heavy atom. The van der Waals surface area contributed by atoms with Gasteiger partial charge in [-0.1, -0.05) is 19.1 Å². The molecule has 106 valence electrons. The number of hydrogen-bond donors (Lipinski definition) is 1. The van der Waals surface area contributed by atoms with Gasteiger partial charge in [0.05, 0.1) is 7.11 Å². The summed E-state index contributed by atoms with van der Waals surface area (Å²) in [6.45, 7) is 1.87. The molecule has 1 rings (SSSR count). The van der Waals surface area contributed by atoms with Crippen LogP contribution in [-0.2, 0) is 9.53 Å². The van der Waals surface area contributed by atoms with Crippen molar-refractivity contribution in [1.29, 1.82) is 0 Å². The number of aliphatic hydroxyl groups is 1. The zero-order valence-electron chi connectivity index (χ0n) is 11.3. The molecule has 0 aliphatic rings. The number of benzene rings is 1. The fourth-order valence-electron chi connectivity index (χ4n) is 1.44. The van der Waals surface area contributed by atoms with Crippen LogP contribution in [-0.4, -0.2) is 37.5 Å². The number of ether oxygens (including phenoxy) is 3. The lowest BCUT2D eigenvalue weighted by atomic mass is 10.3. The first-order valence-electron chi connectivity index (χ1n) is 6.26. The average Bonchev–Trinajstić information content (AvgIpc) is 2.43. The maximum absolute atomic E-state index is 11.1. The van der Waals surface area contributed by atoms with Crippen molar-refractivity contribution in [3.63, 3.8) is 0 Å². The minimum Gasteiger partial charge on any atom is -0.493 e. The number of esters is 1. The highest BCUT2D eigenvalue weighted by Crippen LogP contribution is 2.25. The van der Waals surface area contributed by atoms with Gasteiger partial charge in [-0.2, -0.15) is 0 Å². The number of methoxy groups -OCH3 is 1. The molecule has 19 heavy (non-hydrogen) atoms. The normalized spacial score (nSPS) is 11.7. The molecule has 0 fully saturated rings. The molecule has 0 aliphatic carbocycles. The predicted molar refractivity (Wildman–Crippen MR) is 70.4 cm³/mol. The van der Waals surface area contributed by atoms with Crippen molar-refractivity contribution in [1.82, 2.24) is 0 Å². The van der Waals surface area contributed by atoms with Crippen molar-refractivity contribution in [3.05, 3.63) is 24.3 Å². The average molecular weight is 268 g/mol. The number of carbonyl (C=O) groups excluding carboxylic acids is 1. The number of aliphatic hydroxyl groups excluding tert-OH is 1. The van der Waals surface area contributed by atoms with Crippen molar-refractivity contribution >= 4 is 5.97 Å². The zero-order valence-corrected chi connectivity index (χ0v) is 11.3. The second kappa shape index (κ2) is 8.37. The Kier molecular flexibility index (Phi) is 6.74. The fourth-order valence-corrected chi connectivity index (χ4v) is 1.44. The van der Waals surface area contributed by atoms with Gasteiger partial charge in [0.2, 0.25) is 0 Å². The molecule has 5 nitrogen and oxygen atoms in total. The van der Waals surface area contributed by atoms with E-state index >= 15 is 0 Å². The Morgan fingerprint density at radius 1 is 1.26 bits per heavy atom. The standard InChI is InChI=1S/C14H20O5/c1-3-6-14(16)19-10-11(15)9-18-13-8-5-4-7-12(13)17-2/h4-5,7-8,11,15H,3,6,9-10H2,1-2H3. The first-order chi connectivity index (χ1) is 9.17. The summed E-state index contributed by atoms with van der Waals surface area (Å²) in [5.41, 5.74) is 0. The quantitative estimate of drug-likeness (QED) is 0.728. The Morgan fingerprint density at radius 3 is 2.58 bits per heavy atom. The fraction of sp³-hybridized carbons (Fsp3) is 0.500. The van der Waals surface area contributed by atoms with E-state index in [9.17, 15) is 9.90 Å². The van der Waals surface area contributed by atoms with E-state index in [1.807, 2.05) is 19.1 Å². The smallest absolute Gasteiger partial charge is 0.305 e. The number of hydrogen-bond acceptors (Lipinski definition) is 5. The molecule has 0 aromatic heterocycles. The molecular weight excluding hydrogens is 248 g/mol. The molecule has 0 radical (unpaired) electrons. The highest BCUT2D eigenvalue weighted by molar-refractivity contribution is 5.69. The molecule has 5 heteroatoms. The molecule has 0 saturated heterocycles. The van der Waals surface area contributed by atoms with Crippen LogP contribution < -0.4 is 9.47 Å². The summed E-state index contributed by atoms with van der Waals surface area (Å²) in [7, 11) is 1.55. The molecule has 1 aromatic carbocycles. The summed E-state index contributed by atoms with van der Waals surface area (Å²) in [4.78, 5) is 11.1. The van der Waals surface area contributed by atoms with Crippen molar-refractivity contribution in [3.8, 4) is 11.5 Å². The molecule has 0 spiro atoms. The van der Waals surface area contributed by atoms with Crippen molar-refractivity contribution < 1.29 is 24.1 Å². The summed E-state index contributed by atoms with van der Waals surface area (Å²) < 4.78 is 15.4. The Bertz CT molecular complexity index is 391. The van der Waals surface area contributed by atoms with Crippen molar-refractivity contribution in [2.75, 3.05) is 20.3 Å². The first kappa shape index (κ1) is 15.3. The van der Waals surface area contributed by atoms with E-state index in [1.54, 1.807) is 19.2 Å². The van der Waals surface area contributed by atoms with Crippen molar-refractivity contribution in [2.24, 2.45) is 0 Å². The van der Waals surface area contributed by atoms with Gasteiger partial charge >= 0.3 is 5.97 Å². The Hall–Kier alpha value is -1.75. The summed E-state index contributed by atoms with van der Waals surface area (Å²) in [6.07, 6.45) is 0.234. The third-order valence-corrected chi connectivity index (χ3v) is 2.39. The van der Waals surface area contributed by atoms with Gasteiger partial charge in [-0.25, -0.2) is 0 Å². The van der Waals surface area contributed by atoms with Crippen molar-refractivity contribution in [2.45, 2.75) is 25.9 Å². The summed E-state index contributed by atoms with van der Waals surface area (Å²) in [6, 6.07) is 7.15. The SMILES string of the molecule is CCCC(=O)OCC(O)COc1ccccc1OC. The maximum atomic E-state index is 11.1. The molecule has 0 amide bonds. The van der Waals surface area contributed by atoms with E-state index in [2.05, 4.69) is 0 Å². The van der Waals surface area contributed by atoms with Gasteiger partial charge in [-0.15, -0.1) is 0 Å². The highest BCUT2D eigenvalue weighted by Gasteiger charge is 2.10. The highest BCUT2D eigenvalue weighted by atomic mass is 16.6. The number of para-hydroxylation sites is 2. The lowest BCUT2D eigenvalue weighted by Crippen LogP contribution is -2.25. The van der Waals surface area contributed by atoms with E-state index in [4.69, 9.17) is 14.2 Å². The Labute approximate surface area is 113 Å². The molecule has 1 aromatic rings. The van der Waals surface area contributed by atoms with Gasteiger partial charge in [0.1, 0.15) is 19.3 Å². The second-order valence-corrected chi connectivity index (χ2v) is 4.05. The zero-order chi connectivity index (χ0) is 14.1. The van der Waals surface area contributed by atoms with Gasteiger partial charge < -0.3 is 19.3 Å². The predicted octanol–water partition coefficient (Wildman–Crippen LogP) is 1.78. The molecule has 0 heterocycles. The Balaban J connectivity index is 2.33. The third-order valence-electron chi connectivity index (χ3n) is 2.39. The summed E-state index contributed by atoms with van der Waals surface area (Å²) in [5.74, 6) is 0.834. The van der Waals surface area contributed by atoms with E-state index in [0.717, 1.165) is 6.42 Å². The number of carbonyl (C=O) groups is 1. The third kappa shape index (κ3) is 5.61. The van der Waals surface area contributed by atoms with E-state index < -0.39 is 6.10 Å². The topological polar surface area (TPSA) is 65.0 Å². The molecule has 0 saturated carbocycles. The van der Waals surface area contributed by atoms with E-state index in [1.165, 1.54) is 0 Å². The largest absolute Gasteiger partial charge is 0.493 e. The van der Waals surface area contributed by atoms with Crippen LogP contribution in [0.1, 0.15) is 19.8 Å². The van der Waals surface area contributed by atoms with Gasteiger partial charge in [0, 0.05) is 6.42 Å². The monoisotopic (exact) mass is 268 g/mol. The minimum atomic E-state index is -0.856. The molecule has 0 aliphatic heterocycles. The van der Waals surface area contributed by atoms with Crippen LogP contribution in [0.5, 0.6) is 11.5 Å². The van der Waals surface area contributed by atoms with Crippen LogP contribution in [0.2, 0.25) is 0 Å². The molecular formula is C14H20O5. The van der Waals surface area contributed by atoms with Crippen LogP contribution in [0, 0.1) is 0 Å². The molecule has 1 unspecified atom stereocenters. The van der Waals surface area contributed by atoms with Gasteiger partial charge in [0.15, 0.2) is 11.5 Å². The van der Waals surface area contributed by atoms with Crippen LogP contribution >= 0.6 is 0 Å². The van der Waals surface area contributed by atoms with E-state index in [-0.39, 0.29) is 19.2 Å². The van der Waals surface area contributed by atoms with Crippen LogP contribution in [0.3, 0.4) is 0 Å². The van der Waals surface area contributed by atoms with Gasteiger partial charge in [-0.05, 0) is 18.6 Å². The molecule has 1 atom stereocenters.